The van der Waals surface area contributed by atoms with E-state index in [1.807, 2.05) is 12.2 Å². The number of ether oxygens (including phenoxy) is 1. The van der Waals surface area contributed by atoms with E-state index in [9.17, 15) is 27.9 Å². The van der Waals surface area contributed by atoms with Crippen LogP contribution in [-0.2, 0) is 24.3 Å². The van der Waals surface area contributed by atoms with Crippen molar-refractivity contribution in [2.45, 2.75) is 57.2 Å². The predicted molar refractivity (Wildman–Crippen MR) is 107 cm³/mol. The van der Waals surface area contributed by atoms with Crippen LogP contribution >= 0.6 is 0 Å². The maximum atomic E-state index is 13.0. The van der Waals surface area contributed by atoms with Crippen LogP contribution in [0.1, 0.15) is 31.4 Å². The number of imide groups is 1. The second-order valence-electron chi connectivity index (χ2n) is 7.51. The van der Waals surface area contributed by atoms with Crippen LogP contribution in [0, 0.1) is 13.8 Å². The summed E-state index contributed by atoms with van der Waals surface area (Å²) in [5.41, 5.74) is 1.69. The highest BCUT2D eigenvalue weighted by atomic mass is 32.2. The topological polar surface area (TPSA) is 142 Å². The molecule has 0 aliphatic carbocycles. The molecule has 1 aromatic carbocycles. The molecule has 0 radical (unpaired) electrons. The summed E-state index contributed by atoms with van der Waals surface area (Å²) in [7, 11) is -4.07. The molecule has 0 saturated carbocycles. The van der Waals surface area contributed by atoms with Crippen molar-refractivity contribution in [3.05, 3.63) is 29.3 Å². The second kappa shape index (κ2) is 9.54. The Morgan fingerprint density at radius 3 is 2.50 bits per heavy atom. The van der Waals surface area contributed by atoms with E-state index in [4.69, 9.17) is 4.74 Å². The molecule has 2 atom stereocenters. The smallest absolute Gasteiger partial charge is 0.325 e. The zero-order valence-corrected chi connectivity index (χ0v) is 18.2. The molecular formula is C19H27N3O7S. The van der Waals surface area contributed by atoms with Gasteiger partial charge in [-0.1, -0.05) is 6.07 Å². The van der Waals surface area contributed by atoms with E-state index in [2.05, 4.69) is 5.32 Å². The molecule has 0 aromatic heterocycles. The average molecular weight is 442 g/mol. The van der Waals surface area contributed by atoms with Crippen LogP contribution in [0.5, 0.6) is 0 Å². The zero-order valence-electron chi connectivity index (χ0n) is 17.3. The minimum Gasteiger partial charge on any atom is -0.454 e. The molecule has 1 aliphatic rings. The Balaban J connectivity index is 2.08. The molecule has 166 valence electrons. The van der Waals surface area contributed by atoms with Crippen LogP contribution < -0.4 is 10.6 Å². The monoisotopic (exact) mass is 441 g/mol. The summed E-state index contributed by atoms with van der Waals surface area (Å²) in [6, 6.07) is 2.40. The summed E-state index contributed by atoms with van der Waals surface area (Å²) in [5.74, 6) is -1.83. The minimum atomic E-state index is -4.07. The van der Waals surface area contributed by atoms with Gasteiger partial charge in [0.2, 0.25) is 10.0 Å². The maximum absolute atomic E-state index is 13.0. The minimum absolute atomic E-state index is 0.000555. The van der Waals surface area contributed by atoms with Crippen LogP contribution in [-0.4, -0.2) is 67.1 Å². The molecule has 1 saturated heterocycles. The van der Waals surface area contributed by atoms with Gasteiger partial charge in [0.15, 0.2) is 6.61 Å². The van der Waals surface area contributed by atoms with Crippen LogP contribution in [0.2, 0.25) is 0 Å². The molecule has 1 heterocycles. The highest BCUT2D eigenvalue weighted by Gasteiger charge is 2.44. The van der Waals surface area contributed by atoms with Crippen LogP contribution in [0.3, 0.4) is 0 Å². The molecule has 1 aliphatic heterocycles. The number of amides is 3. The summed E-state index contributed by atoms with van der Waals surface area (Å²) in [6.45, 7) is 6.01. The summed E-state index contributed by atoms with van der Waals surface area (Å²) in [5, 5.41) is 14.4. The Morgan fingerprint density at radius 2 is 1.90 bits per heavy atom. The Kier molecular flexibility index (Phi) is 7.56. The largest absolute Gasteiger partial charge is 0.454 e. The molecule has 10 nitrogen and oxygen atoms in total. The van der Waals surface area contributed by atoms with Gasteiger partial charge in [-0.2, -0.15) is 4.31 Å². The summed E-state index contributed by atoms with van der Waals surface area (Å²) >= 11 is 0. The number of aliphatic hydroxyl groups excluding tert-OH is 1. The molecule has 0 bridgehead atoms. The van der Waals surface area contributed by atoms with Crippen molar-refractivity contribution in [3.63, 3.8) is 0 Å². The van der Waals surface area contributed by atoms with Gasteiger partial charge in [-0.25, -0.2) is 13.2 Å². The predicted octanol–water partition coefficient (Wildman–Crippen LogP) is 0.205. The SMILES string of the molecule is Cc1ccc(S(=O)(=O)N2CC(O)C[C@H]2C(=O)OCC(=O)NC(=O)NC(C)C)cc1C. The Morgan fingerprint density at radius 1 is 1.23 bits per heavy atom. The van der Waals surface area contributed by atoms with E-state index < -0.39 is 46.7 Å². The second-order valence-corrected chi connectivity index (χ2v) is 9.40. The van der Waals surface area contributed by atoms with Crippen LogP contribution in [0.25, 0.3) is 0 Å². The molecule has 2 rings (SSSR count). The third-order valence-electron chi connectivity index (χ3n) is 4.61. The number of esters is 1. The van der Waals surface area contributed by atoms with Crippen molar-refractivity contribution in [3.8, 4) is 0 Å². The van der Waals surface area contributed by atoms with E-state index in [0.717, 1.165) is 15.4 Å². The lowest BCUT2D eigenvalue weighted by Gasteiger charge is -2.22. The van der Waals surface area contributed by atoms with Gasteiger partial charge >= 0.3 is 12.0 Å². The quantitative estimate of drug-likeness (QED) is 0.536. The molecule has 30 heavy (non-hydrogen) atoms. The average Bonchev–Trinajstić information content (AvgIpc) is 3.03. The fourth-order valence-corrected chi connectivity index (χ4v) is 4.68. The fourth-order valence-electron chi connectivity index (χ4n) is 2.97. The first-order chi connectivity index (χ1) is 13.9. The number of aryl methyl sites for hydroxylation is 2. The number of β-amino-alcohol motifs (C(OH)–C–C–N with tert-alkyl or cyclic N) is 1. The number of benzene rings is 1. The number of urea groups is 1. The van der Waals surface area contributed by atoms with Crippen molar-refractivity contribution in [2.75, 3.05) is 13.2 Å². The van der Waals surface area contributed by atoms with Crippen LogP contribution in [0.15, 0.2) is 23.1 Å². The van der Waals surface area contributed by atoms with E-state index in [1.54, 1.807) is 26.8 Å². The number of rotatable bonds is 6. The van der Waals surface area contributed by atoms with Gasteiger partial charge in [0.1, 0.15) is 6.04 Å². The molecule has 1 aromatic rings. The summed E-state index contributed by atoms with van der Waals surface area (Å²) in [6.07, 6.45) is -1.20. The van der Waals surface area contributed by atoms with Crippen molar-refractivity contribution >= 4 is 27.9 Å². The number of carbonyl (C=O) groups is 3. The number of carbonyl (C=O) groups excluding carboxylic acids is 3. The number of hydrogen-bond acceptors (Lipinski definition) is 7. The highest BCUT2D eigenvalue weighted by Crippen LogP contribution is 2.28. The van der Waals surface area contributed by atoms with Gasteiger partial charge in [-0.3, -0.25) is 14.9 Å². The van der Waals surface area contributed by atoms with E-state index in [0.29, 0.717) is 0 Å². The van der Waals surface area contributed by atoms with Crippen molar-refractivity contribution in [2.24, 2.45) is 0 Å². The van der Waals surface area contributed by atoms with Gasteiger partial charge in [0.25, 0.3) is 5.91 Å². The number of aliphatic hydroxyl groups is 1. The van der Waals surface area contributed by atoms with E-state index >= 15 is 0 Å². The lowest BCUT2D eigenvalue weighted by molar-refractivity contribution is -0.151. The Bertz CT molecular complexity index is 930. The number of nitrogens with zero attached hydrogens (tertiary/aromatic N) is 1. The van der Waals surface area contributed by atoms with Gasteiger partial charge < -0.3 is 15.2 Å². The molecule has 1 unspecified atom stereocenters. The summed E-state index contributed by atoms with van der Waals surface area (Å²) < 4.78 is 31.8. The first kappa shape index (κ1) is 23.8. The molecule has 11 heteroatoms. The van der Waals surface area contributed by atoms with Gasteiger partial charge in [-0.05, 0) is 51.0 Å². The highest BCUT2D eigenvalue weighted by molar-refractivity contribution is 7.89. The van der Waals surface area contributed by atoms with E-state index in [1.165, 1.54) is 12.1 Å². The normalized spacial score (nSPS) is 19.5. The van der Waals surface area contributed by atoms with E-state index in [-0.39, 0.29) is 23.9 Å². The third kappa shape index (κ3) is 5.77. The van der Waals surface area contributed by atoms with Crippen molar-refractivity contribution in [1.29, 1.82) is 0 Å². The molecule has 1 fully saturated rings. The standard InChI is InChI=1S/C19H27N3O7S/c1-11(2)20-19(26)21-17(24)10-29-18(25)16-8-14(23)9-22(16)30(27,28)15-6-5-12(3)13(4)7-15/h5-7,11,14,16,23H,8-10H2,1-4H3,(H2,20,21,24,26)/t14?,16-/m0/s1. The first-order valence-corrected chi connectivity index (χ1v) is 10.9. The fraction of sp³-hybridized carbons (Fsp3) is 0.526. The molecule has 3 N–H and O–H groups in total. The summed E-state index contributed by atoms with van der Waals surface area (Å²) in [4.78, 5) is 35.7. The molecule has 0 spiro atoms. The van der Waals surface area contributed by atoms with Gasteiger partial charge in [-0.15, -0.1) is 0 Å². The number of sulfonamides is 1. The molecular weight excluding hydrogens is 414 g/mol. The lowest BCUT2D eigenvalue weighted by atomic mass is 10.1. The van der Waals surface area contributed by atoms with Crippen molar-refractivity contribution in [1.82, 2.24) is 14.9 Å². The van der Waals surface area contributed by atoms with Gasteiger partial charge in [0, 0.05) is 19.0 Å². The first-order valence-electron chi connectivity index (χ1n) is 9.46. The van der Waals surface area contributed by atoms with Gasteiger partial charge in [0.05, 0.1) is 11.0 Å². The number of hydrogen-bond donors (Lipinski definition) is 3. The Hall–Kier alpha value is -2.50. The number of nitrogens with one attached hydrogen (secondary N) is 2. The van der Waals surface area contributed by atoms with Crippen LogP contribution in [0.4, 0.5) is 4.79 Å². The molecule has 3 amide bonds. The lowest BCUT2D eigenvalue weighted by Crippen LogP contribution is -2.45. The van der Waals surface area contributed by atoms with Crippen molar-refractivity contribution < 1.29 is 32.6 Å². The zero-order chi connectivity index (χ0) is 22.6. The Labute approximate surface area is 175 Å². The maximum Gasteiger partial charge on any atom is 0.325 e. The third-order valence-corrected chi connectivity index (χ3v) is 6.48.